The lowest BCUT2D eigenvalue weighted by Gasteiger charge is -2.31. The fourth-order valence-electron chi connectivity index (χ4n) is 14.3. The van der Waals surface area contributed by atoms with Crippen LogP contribution in [0.4, 0.5) is 0 Å². The van der Waals surface area contributed by atoms with Crippen molar-refractivity contribution in [1.82, 2.24) is 89.3 Å². The van der Waals surface area contributed by atoms with Crippen LogP contribution in [0.2, 0.25) is 0 Å². The zero-order chi connectivity index (χ0) is 99.4. The van der Waals surface area contributed by atoms with Crippen molar-refractivity contribution in [1.29, 1.82) is 0 Å². The topological polar surface area (TPSA) is 753 Å². The molecule has 46 nitrogen and oxygen atoms in total. The summed E-state index contributed by atoms with van der Waals surface area (Å²) < 4.78 is 0. The molecule has 2 rings (SSSR count). The van der Waals surface area contributed by atoms with Gasteiger partial charge >= 0.3 is 17.9 Å². The summed E-state index contributed by atoms with van der Waals surface area (Å²) in [5.41, 5.74) is 29.0. The number of carboxylic acid groups (broad SMARTS) is 3. The number of aromatic amines is 1. The van der Waals surface area contributed by atoms with E-state index >= 15 is 4.79 Å². The minimum atomic E-state index is -1.94. The summed E-state index contributed by atoms with van der Waals surface area (Å²) in [6.07, 6.45) is -0.164. The fraction of sp³-hybridized carbons (Fsp3) is 0.729. The summed E-state index contributed by atoms with van der Waals surface area (Å²) >= 11 is 0. The van der Waals surface area contributed by atoms with Gasteiger partial charge in [0.1, 0.15) is 90.6 Å². The Kier molecular flexibility index (Phi) is 52.0. The van der Waals surface area contributed by atoms with Crippen LogP contribution in [-0.2, 0) is 102 Å². The van der Waals surface area contributed by atoms with Crippen LogP contribution >= 0.6 is 0 Å². The molecule has 740 valence electrons. The number of likely N-dealkylation sites (tertiary alicyclic amines) is 1. The molecule has 0 bridgehead atoms. The van der Waals surface area contributed by atoms with Gasteiger partial charge in [0.15, 0.2) is 0 Å². The van der Waals surface area contributed by atoms with E-state index in [-0.39, 0.29) is 120 Å². The Morgan fingerprint density at radius 1 is 0.420 bits per heavy atom. The predicted octanol–water partition coefficient (Wildman–Crippen LogP) is -4.19. The number of rotatable bonds is 64. The van der Waals surface area contributed by atoms with Crippen molar-refractivity contribution in [3.63, 3.8) is 0 Å². The SMILES string of the molecule is CC[C@H](C)[C@H](NC(=O)[C@H](CC(N)=O)NC(=O)[C@@H]1CCCN1C(=O)[C@H](Cc1cnc[nH]1)NC(=O)[C@H](CC(N)=O)NC(=O)[C@H](CC(C)C)NC(=O)[C@H](CCC(=O)O)NC(=O)[C@H](CCCCN)NC(=O)[C@H](CC(C)C)NC(=O)[C@H](CC(C)C)NC(=O)[C@H](CO)NC(=O)[C@@H](NC(=O)[C@@H](N)CCC(=O)O)[C@@H](C)CC)C(=O)N[C@H](C(=O)N[C@@H](CCCCN)C(=O)N[C@@H](CC(C)C)C(=O)O)C(C)C. The molecule has 0 unspecified atom stereocenters. The van der Waals surface area contributed by atoms with Gasteiger partial charge in [0.25, 0.3) is 0 Å². The molecule has 1 aliphatic heterocycles. The van der Waals surface area contributed by atoms with Gasteiger partial charge in [-0.2, -0.15) is 0 Å². The third-order valence-electron chi connectivity index (χ3n) is 21.9. The van der Waals surface area contributed by atoms with Crippen LogP contribution in [0.5, 0.6) is 0 Å². The molecule has 29 N–H and O–H groups in total. The predicted molar refractivity (Wildman–Crippen MR) is 475 cm³/mol. The number of primary amides is 2. The molecule has 46 heteroatoms. The summed E-state index contributed by atoms with van der Waals surface area (Å²) in [6.45, 7) is 22.7. The van der Waals surface area contributed by atoms with Crippen LogP contribution in [0.3, 0.4) is 0 Å². The first-order valence-corrected chi connectivity index (χ1v) is 45.0. The van der Waals surface area contributed by atoms with Crippen molar-refractivity contribution in [2.75, 3.05) is 26.2 Å². The van der Waals surface area contributed by atoms with Crippen LogP contribution in [0.15, 0.2) is 12.5 Å². The Bertz CT molecular complexity index is 3980. The molecule has 0 spiro atoms. The van der Waals surface area contributed by atoms with E-state index in [1.807, 2.05) is 0 Å². The molecular formula is C85H146N22O24. The first-order valence-electron chi connectivity index (χ1n) is 45.0. The number of imidazole rings is 1. The highest BCUT2D eigenvalue weighted by Crippen LogP contribution is 2.23. The summed E-state index contributed by atoms with van der Waals surface area (Å²) in [5, 5.41) is 74.8. The zero-order valence-corrected chi connectivity index (χ0v) is 77.8. The maximum Gasteiger partial charge on any atom is 0.326 e. The highest BCUT2D eigenvalue weighted by atomic mass is 16.4. The van der Waals surface area contributed by atoms with Gasteiger partial charge in [0, 0.05) is 37.7 Å². The number of aromatic nitrogens is 2. The molecule has 131 heavy (non-hydrogen) atoms. The van der Waals surface area contributed by atoms with E-state index < -0.39 is 277 Å². The van der Waals surface area contributed by atoms with Gasteiger partial charge in [-0.1, -0.05) is 110 Å². The average molecular weight is 1860 g/mol. The third-order valence-corrected chi connectivity index (χ3v) is 21.9. The van der Waals surface area contributed by atoms with Gasteiger partial charge in [0.2, 0.25) is 100 Å². The molecule has 17 amide bonds. The normalized spacial score (nSPS) is 16.5. The maximum atomic E-state index is 15.1. The Hall–Kier alpha value is -11.5. The minimum absolute atomic E-state index is 0.0538. The summed E-state index contributed by atoms with van der Waals surface area (Å²) in [6, 6.07) is -24.4. The zero-order valence-electron chi connectivity index (χ0n) is 77.8. The molecule has 0 saturated carbocycles. The molecule has 18 atom stereocenters. The first kappa shape index (κ1) is 116. The van der Waals surface area contributed by atoms with E-state index in [0.717, 1.165) is 4.90 Å². The lowest BCUT2D eigenvalue weighted by atomic mass is 9.95. The van der Waals surface area contributed by atoms with Gasteiger partial charge in [0.05, 0.1) is 31.8 Å². The number of hydrogen-bond donors (Lipinski definition) is 24. The molecule has 0 aromatic carbocycles. The fourth-order valence-corrected chi connectivity index (χ4v) is 14.3. The summed E-state index contributed by atoms with van der Waals surface area (Å²) in [4.78, 5) is 284. The number of H-pyrrole nitrogens is 1. The molecule has 0 radical (unpaired) electrons. The number of aliphatic hydroxyl groups excluding tert-OH is 1. The number of carbonyl (C=O) groups excluding carboxylic acids is 17. The molecule has 0 aliphatic carbocycles. The second kappa shape index (κ2) is 59.0. The second-order valence-corrected chi connectivity index (χ2v) is 35.5. The van der Waals surface area contributed by atoms with E-state index in [2.05, 4.69) is 84.4 Å². The smallest absolute Gasteiger partial charge is 0.326 e. The van der Waals surface area contributed by atoms with Crippen molar-refractivity contribution < 1.29 is 116 Å². The monoisotopic (exact) mass is 1860 g/mol. The number of nitrogens with two attached hydrogens (primary N) is 5. The highest BCUT2D eigenvalue weighted by molar-refractivity contribution is 6.02. The quantitative estimate of drug-likeness (QED) is 0.0275. The number of carbonyl (C=O) groups is 20. The lowest BCUT2D eigenvalue weighted by molar-refractivity contribution is -0.143. The molecule has 1 aromatic rings. The molecule has 1 aromatic heterocycles. The number of hydrogen-bond acceptors (Lipinski definition) is 25. The number of nitrogens with zero attached hydrogens (tertiary/aromatic N) is 2. The van der Waals surface area contributed by atoms with Crippen LogP contribution in [0.25, 0.3) is 0 Å². The number of carboxylic acids is 3. The van der Waals surface area contributed by atoms with Crippen molar-refractivity contribution in [2.45, 2.75) is 328 Å². The molecule has 2 heterocycles. The van der Waals surface area contributed by atoms with Crippen molar-refractivity contribution >= 4 is 118 Å². The van der Waals surface area contributed by atoms with Crippen molar-refractivity contribution in [3.05, 3.63) is 18.2 Å². The highest BCUT2D eigenvalue weighted by Gasteiger charge is 2.44. The van der Waals surface area contributed by atoms with E-state index in [4.69, 9.17) is 33.8 Å². The largest absolute Gasteiger partial charge is 0.481 e. The maximum absolute atomic E-state index is 15.1. The molecule has 1 fully saturated rings. The average Bonchev–Trinajstić information content (AvgIpc) is 1.69. The lowest BCUT2D eigenvalue weighted by Crippen LogP contribution is -2.62. The Morgan fingerprint density at radius 3 is 1.17 bits per heavy atom. The number of aliphatic hydroxyl groups is 1. The number of unbranched alkanes of at least 4 members (excludes halogenated alkanes) is 2. The van der Waals surface area contributed by atoms with Gasteiger partial charge in [-0.3, -0.25) is 91.1 Å². The van der Waals surface area contributed by atoms with Gasteiger partial charge in [-0.25, -0.2) is 9.78 Å². The van der Waals surface area contributed by atoms with Crippen LogP contribution in [0, 0.1) is 41.4 Å². The molecular weight excluding hydrogens is 1710 g/mol. The van der Waals surface area contributed by atoms with E-state index in [0.29, 0.717) is 25.7 Å². The molecule has 1 aliphatic rings. The van der Waals surface area contributed by atoms with Crippen LogP contribution in [-0.4, -0.2) is 277 Å². The Balaban J connectivity index is 2.56. The van der Waals surface area contributed by atoms with Crippen molar-refractivity contribution in [3.8, 4) is 0 Å². The van der Waals surface area contributed by atoms with Crippen LogP contribution < -0.4 is 103 Å². The Labute approximate surface area is 763 Å². The number of aliphatic carboxylic acids is 3. The number of amides is 17. The minimum Gasteiger partial charge on any atom is -0.481 e. The standard InChI is InChI=1S/C85H146N22O24/c1-15-47(13)68(105-70(115)50(88)25-27-65(111)112)82(127)103-61(40-108)79(124)98-56(34-44(7)8)75(120)97-54(32-42(3)4)74(119)93-51(22-17-19-29-86)71(116)94-53(26-28-66(113)114)73(118)96-55(33-43(5)6)76(121)99-57(37-63(89)109)77(122)101-59(36-49-39-91-41-92-49)84(129)107-31-21-24-62(107)80(125)100-58(38-64(90)110)78(123)106-69(48(14)16-2)83(128)104-67(46(11)12)81(126)95-52(23-18-20-30-87)72(117)102-60(85(130)131)35-45(9)10/h39,41-48,50-62,67-69,108H,15-38,40,86-88H2,1-14H3,(H2,89,109)(H2,90,110)(H,91,92)(H,93,119)(H,94,116)(H,95,126)(H,96,118)(H,97,120)(H,98,124)(H,99,121)(H,100,125)(H,101,122)(H,102,117)(H,103,127)(H,104,128)(H,105,115)(H,106,123)(H,111,112)(H,113,114)(H,130,131)/t47-,48-,50-,51-,52-,53-,54-,55-,56-,57-,58-,59-,60-,61-,62-,67-,68-,69-/m0/s1. The summed E-state index contributed by atoms with van der Waals surface area (Å²) in [7, 11) is 0. The number of nitrogens with one attached hydrogen (secondary N) is 15. The summed E-state index contributed by atoms with van der Waals surface area (Å²) in [5.74, 6) is -24.1. The van der Waals surface area contributed by atoms with Gasteiger partial charge in [-0.15, -0.1) is 0 Å². The second-order valence-electron chi connectivity index (χ2n) is 35.5. The van der Waals surface area contributed by atoms with Crippen LogP contribution in [0.1, 0.15) is 231 Å². The van der Waals surface area contributed by atoms with Gasteiger partial charge < -0.3 is 133 Å². The molecule has 1 saturated heterocycles. The Morgan fingerprint density at radius 2 is 0.763 bits per heavy atom. The van der Waals surface area contributed by atoms with E-state index in [9.17, 15) is 106 Å². The third kappa shape index (κ3) is 42.0. The van der Waals surface area contributed by atoms with Crippen molar-refractivity contribution in [2.24, 2.45) is 70.1 Å². The van der Waals surface area contributed by atoms with Gasteiger partial charge in [-0.05, 0) is 144 Å². The van der Waals surface area contributed by atoms with E-state index in [1.54, 1.807) is 96.9 Å². The van der Waals surface area contributed by atoms with E-state index in [1.165, 1.54) is 12.5 Å². The first-order chi connectivity index (χ1) is 61.4.